The molecule has 3 N–H and O–H groups in total. The molecule has 0 bridgehead atoms. The highest BCUT2D eigenvalue weighted by Crippen LogP contribution is 2.35. The summed E-state index contributed by atoms with van der Waals surface area (Å²) in [6.45, 7) is 8.63. The van der Waals surface area contributed by atoms with Crippen molar-refractivity contribution >= 4 is 23.2 Å². The Kier molecular flexibility index (Phi) is 13.4. The van der Waals surface area contributed by atoms with Crippen LogP contribution in [-0.2, 0) is 20.9 Å². The van der Waals surface area contributed by atoms with Gasteiger partial charge in [0, 0.05) is 45.7 Å². The number of amides is 1. The molecule has 266 valence electrons. The summed E-state index contributed by atoms with van der Waals surface area (Å²) in [6, 6.07) is 20.6. The fourth-order valence-corrected chi connectivity index (χ4v) is 6.47. The molecule has 0 aromatic heterocycles. The number of β-amino-alcohol motifs (C(OH)–C–C–N with tert-alkyl or cyclic N) is 1. The number of anilines is 1. The number of aliphatic hydroxyl groups excluding tert-OH is 1. The Balaban J connectivity index is 1.25. The summed E-state index contributed by atoms with van der Waals surface area (Å²) in [6.07, 6.45) is 0.296. The number of hydrogen-bond donors (Lipinski definition) is 2. The molecule has 0 saturated carbocycles. The second-order valence-corrected chi connectivity index (χ2v) is 13.4. The average Bonchev–Trinajstić information content (AvgIpc) is 3.11. The number of methoxy groups -OCH3 is 1. The molecule has 0 aliphatic carbocycles. The normalized spacial score (nSPS) is 19.7. The minimum absolute atomic E-state index is 0.0264. The minimum Gasteiger partial charge on any atom is -0.493 e. The summed E-state index contributed by atoms with van der Waals surface area (Å²) in [5, 5.41) is 12.1. The van der Waals surface area contributed by atoms with Gasteiger partial charge in [0.1, 0.15) is 23.9 Å². The molecule has 49 heavy (non-hydrogen) atoms. The molecule has 0 unspecified atom stereocenters. The number of para-hydroxylation sites is 1. The van der Waals surface area contributed by atoms with Crippen LogP contribution < -0.4 is 24.8 Å². The summed E-state index contributed by atoms with van der Waals surface area (Å²) in [5.41, 5.74) is 9.19. The van der Waals surface area contributed by atoms with Gasteiger partial charge in [-0.2, -0.15) is 0 Å². The Bertz CT molecular complexity index is 1490. The van der Waals surface area contributed by atoms with Gasteiger partial charge in [0.15, 0.2) is 0 Å². The number of carbonyl (C=O) groups is 1. The van der Waals surface area contributed by atoms with Crippen molar-refractivity contribution < 1.29 is 33.6 Å². The number of carbonyl (C=O) groups excluding carboxylic acids is 1. The van der Waals surface area contributed by atoms with Crippen LogP contribution in [0.2, 0.25) is 5.02 Å². The number of rotatable bonds is 16. The zero-order valence-electron chi connectivity index (χ0n) is 28.8. The maximum atomic E-state index is 13.3. The SMILES string of the molecule is COCCCN1CCOc2ccc(CO[C@H]3CN(C(=O)[C@@H](N)C(C)C)C[C@@H](O)[C@@H]3c3ccc(OCCCOc4ccccc4Cl)cc3)cc21. The highest BCUT2D eigenvalue weighted by molar-refractivity contribution is 6.32. The summed E-state index contributed by atoms with van der Waals surface area (Å²) in [5.74, 6) is 1.67. The smallest absolute Gasteiger partial charge is 0.239 e. The third-order valence-electron chi connectivity index (χ3n) is 9.08. The lowest BCUT2D eigenvalue weighted by Crippen LogP contribution is -2.57. The summed E-state index contributed by atoms with van der Waals surface area (Å²) >= 11 is 6.17. The number of fused-ring (bicyclic) bond motifs is 1. The van der Waals surface area contributed by atoms with E-state index in [0.717, 1.165) is 47.8 Å². The molecule has 1 saturated heterocycles. The van der Waals surface area contributed by atoms with Crippen molar-refractivity contribution in [3.8, 4) is 17.2 Å². The van der Waals surface area contributed by atoms with Crippen LogP contribution in [0.25, 0.3) is 0 Å². The second kappa shape index (κ2) is 17.9. The first-order valence-corrected chi connectivity index (χ1v) is 17.6. The van der Waals surface area contributed by atoms with Crippen molar-refractivity contribution in [3.63, 3.8) is 0 Å². The van der Waals surface area contributed by atoms with Crippen molar-refractivity contribution in [1.82, 2.24) is 4.90 Å². The monoisotopic (exact) mass is 695 g/mol. The van der Waals surface area contributed by atoms with Crippen LogP contribution in [0.15, 0.2) is 66.7 Å². The van der Waals surface area contributed by atoms with Gasteiger partial charge in [-0.3, -0.25) is 4.79 Å². The van der Waals surface area contributed by atoms with Crippen molar-refractivity contribution in [2.75, 3.05) is 64.6 Å². The van der Waals surface area contributed by atoms with Gasteiger partial charge in [0.2, 0.25) is 5.91 Å². The van der Waals surface area contributed by atoms with E-state index in [1.165, 1.54) is 0 Å². The molecule has 5 rings (SSSR count). The van der Waals surface area contributed by atoms with Gasteiger partial charge in [-0.25, -0.2) is 0 Å². The van der Waals surface area contributed by atoms with Gasteiger partial charge in [0.05, 0.1) is 55.3 Å². The van der Waals surface area contributed by atoms with E-state index in [2.05, 4.69) is 11.0 Å². The molecule has 2 aliphatic heterocycles. The Labute approximate surface area is 295 Å². The lowest BCUT2D eigenvalue weighted by molar-refractivity contribution is -0.144. The highest BCUT2D eigenvalue weighted by atomic mass is 35.5. The number of halogens is 1. The van der Waals surface area contributed by atoms with E-state index in [0.29, 0.717) is 56.8 Å². The fraction of sp³-hybridized carbons (Fsp3) is 0.500. The molecular formula is C38H50ClN3O7. The fourth-order valence-electron chi connectivity index (χ4n) is 6.28. The van der Waals surface area contributed by atoms with E-state index in [4.69, 9.17) is 41.0 Å². The number of benzene rings is 3. The van der Waals surface area contributed by atoms with Crippen molar-refractivity contribution in [3.05, 3.63) is 82.9 Å². The summed E-state index contributed by atoms with van der Waals surface area (Å²) in [4.78, 5) is 17.3. The maximum Gasteiger partial charge on any atom is 0.239 e. The standard InChI is InChI=1S/C38H50ClN3O7/c1-26(2)37(40)38(44)42-23-32(43)36(28-11-13-29(14-12-28)46-19-7-20-47-33-9-5-4-8-30(33)39)35(24-42)49-25-27-10-15-34-31(22-27)41(17-21-48-34)16-6-18-45-3/h4-5,8-15,22,26,32,35-37,43H,6-7,16-21,23-25,40H2,1-3H3/t32-,35+,36+,37+/m1/s1. The third kappa shape index (κ3) is 9.80. The Morgan fingerprint density at radius 3 is 2.55 bits per heavy atom. The number of aliphatic hydroxyl groups is 1. The predicted octanol–water partition coefficient (Wildman–Crippen LogP) is 5.28. The lowest BCUT2D eigenvalue weighted by atomic mass is 9.84. The van der Waals surface area contributed by atoms with Crippen LogP contribution in [-0.4, -0.2) is 93.9 Å². The third-order valence-corrected chi connectivity index (χ3v) is 9.39. The molecule has 11 heteroatoms. The first-order valence-electron chi connectivity index (χ1n) is 17.2. The molecule has 1 fully saturated rings. The van der Waals surface area contributed by atoms with Crippen LogP contribution in [0, 0.1) is 5.92 Å². The first-order chi connectivity index (χ1) is 23.7. The minimum atomic E-state index is -0.844. The van der Waals surface area contributed by atoms with Crippen LogP contribution in [0.5, 0.6) is 17.2 Å². The van der Waals surface area contributed by atoms with Gasteiger partial charge < -0.3 is 44.3 Å². The maximum absolute atomic E-state index is 13.3. The number of nitrogens with zero attached hydrogens (tertiary/aromatic N) is 2. The second-order valence-electron chi connectivity index (χ2n) is 13.0. The van der Waals surface area contributed by atoms with Crippen LogP contribution >= 0.6 is 11.6 Å². The van der Waals surface area contributed by atoms with Crippen LogP contribution in [0.4, 0.5) is 5.69 Å². The van der Waals surface area contributed by atoms with E-state index in [9.17, 15) is 9.90 Å². The Morgan fingerprint density at radius 1 is 1.02 bits per heavy atom. The zero-order chi connectivity index (χ0) is 34.8. The predicted molar refractivity (Wildman–Crippen MR) is 191 cm³/mol. The molecule has 3 aromatic carbocycles. The van der Waals surface area contributed by atoms with E-state index < -0.39 is 18.2 Å². The van der Waals surface area contributed by atoms with E-state index in [1.807, 2.05) is 68.4 Å². The molecular weight excluding hydrogens is 646 g/mol. The van der Waals surface area contributed by atoms with Crippen molar-refractivity contribution in [2.45, 2.75) is 57.5 Å². The van der Waals surface area contributed by atoms with Gasteiger partial charge >= 0.3 is 0 Å². The summed E-state index contributed by atoms with van der Waals surface area (Å²) < 4.78 is 29.5. The Morgan fingerprint density at radius 2 is 1.80 bits per heavy atom. The molecule has 2 aliphatic rings. The number of nitrogens with two attached hydrogens (primary N) is 1. The quantitative estimate of drug-likeness (QED) is 0.193. The number of hydrogen-bond acceptors (Lipinski definition) is 9. The van der Waals surface area contributed by atoms with Crippen LogP contribution in [0.3, 0.4) is 0 Å². The van der Waals surface area contributed by atoms with Gasteiger partial charge in [-0.15, -0.1) is 0 Å². The Hall–Kier alpha value is -3.54. The first kappa shape index (κ1) is 36.7. The molecule has 2 heterocycles. The van der Waals surface area contributed by atoms with Gasteiger partial charge in [-0.05, 0) is 59.9 Å². The van der Waals surface area contributed by atoms with Gasteiger partial charge in [-0.1, -0.05) is 55.8 Å². The topological polar surface area (TPSA) is 116 Å². The largest absolute Gasteiger partial charge is 0.493 e. The van der Waals surface area contributed by atoms with Crippen molar-refractivity contribution in [1.29, 1.82) is 0 Å². The van der Waals surface area contributed by atoms with E-state index in [-0.39, 0.29) is 24.3 Å². The van der Waals surface area contributed by atoms with E-state index >= 15 is 0 Å². The molecule has 0 radical (unpaired) electrons. The van der Waals surface area contributed by atoms with Crippen molar-refractivity contribution in [2.24, 2.45) is 11.7 Å². The van der Waals surface area contributed by atoms with Crippen LogP contribution in [0.1, 0.15) is 43.7 Å². The summed E-state index contributed by atoms with van der Waals surface area (Å²) in [7, 11) is 1.72. The molecule has 0 spiro atoms. The molecule has 3 aromatic rings. The molecule has 1 amide bonds. The number of ether oxygens (including phenoxy) is 5. The number of likely N-dealkylation sites (tertiary alicyclic amines) is 1. The van der Waals surface area contributed by atoms with Gasteiger partial charge in [0.25, 0.3) is 0 Å². The highest BCUT2D eigenvalue weighted by Gasteiger charge is 2.40. The molecule has 4 atom stereocenters. The number of piperidine rings is 1. The lowest BCUT2D eigenvalue weighted by Gasteiger charge is -2.43. The molecule has 10 nitrogen and oxygen atoms in total. The zero-order valence-corrected chi connectivity index (χ0v) is 29.5. The van der Waals surface area contributed by atoms with E-state index in [1.54, 1.807) is 18.1 Å². The average molecular weight is 696 g/mol.